The van der Waals surface area contributed by atoms with Gasteiger partial charge in [0, 0.05) is 18.4 Å². The minimum Gasteiger partial charge on any atom is -0.355 e. The summed E-state index contributed by atoms with van der Waals surface area (Å²) in [4.78, 5) is 24.1. The summed E-state index contributed by atoms with van der Waals surface area (Å²) in [6, 6.07) is 12.7. The average Bonchev–Trinajstić information content (AvgIpc) is 3.16. The van der Waals surface area contributed by atoms with E-state index in [9.17, 15) is 9.59 Å². The molecule has 0 saturated heterocycles. The molecule has 28 heavy (non-hydrogen) atoms. The van der Waals surface area contributed by atoms with Crippen molar-refractivity contribution in [2.75, 3.05) is 18.1 Å². The van der Waals surface area contributed by atoms with E-state index in [1.54, 1.807) is 24.5 Å². The highest BCUT2D eigenvalue weighted by molar-refractivity contribution is 7.99. The Morgan fingerprint density at radius 3 is 2.64 bits per heavy atom. The molecule has 0 aliphatic carbocycles. The van der Waals surface area contributed by atoms with Gasteiger partial charge >= 0.3 is 0 Å². The molecule has 0 aliphatic rings. The topological polar surface area (TPSA) is 88.9 Å². The van der Waals surface area contributed by atoms with Gasteiger partial charge in [0.25, 0.3) is 5.91 Å². The van der Waals surface area contributed by atoms with Gasteiger partial charge in [0.05, 0.1) is 16.3 Å². The molecule has 0 bridgehead atoms. The zero-order valence-corrected chi connectivity index (χ0v) is 16.8. The quantitative estimate of drug-likeness (QED) is 0.603. The van der Waals surface area contributed by atoms with Crippen LogP contribution in [-0.4, -0.2) is 39.4 Å². The van der Waals surface area contributed by atoms with Gasteiger partial charge < -0.3 is 10.6 Å². The third-order valence-electron chi connectivity index (χ3n) is 3.88. The number of aryl methyl sites for hydroxylation is 1. The number of amides is 2. The van der Waals surface area contributed by atoms with E-state index >= 15 is 0 Å². The summed E-state index contributed by atoms with van der Waals surface area (Å²) in [7, 11) is 1.52. The molecule has 9 heteroatoms. The van der Waals surface area contributed by atoms with Crippen LogP contribution in [0.2, 0.25) is 5.02 Å². The Labute approximate surface area is 171 Å². The fourth-order valence-electron chi connectivity index (χ4n) is 2.44. The number of thioether (sulfide) groups is 1. The first-order valence-corrected chi connectivity index (χ1v) is 9.75. The Morgan fingerprint density at radius 2 is 1.93 bits per heavy atom. The van der Waals surface area contributed by atoms with Crippen molar-refractivity contribution >= 4 is 40.9 Å². The summed E-state index contributed by atoms with van der Waals surface area (Å²) in [5.74, 6) is -0.405. The first-order valence-electron chi connectivity index (χ1n) is 8.39. The van der Waals surface area contributed by atoms with Crippen molar-refractivity contribution in [3.63, 3.8) is 0 Å². The molecule has 0 saturated carbocycles. The van der Waals surface area contributed by atoms with E-state index in [-0.39, 0.29) is 17.6 Å². The number of nitrogens with one attached hydrogen (secondary N) is 2. The predicted octanol–water partition coefficient (Wildman–Crippen LogP) is 3.32. The second-order valence-electron chi connectivity index (χ2n) is 5.93. The molecule has 2 N–H and O–H groups in total. The van der Waals surface area contributed by atoms with Gasteiger partial charge in [0.1, 0.15) is 6.33 Å². The van der Waals surface area contributed by atoms with Gasteiger partial charge in [-0.05, 0) is 37.3 Å². The van der Waals surface area contributed by atoms with Crippen LogP contribution in [-0.2, 0) is 4.79 Å². The van der Waals surface area contributed by atoms with E-state index in [0.29, 0.717) is 21.4 Å². The molecule has 0 unspecified atom stereocenters. The number of nitrogens with zero attached hydrogens (tertiary/aromatic N) is 3. The maximum atomic E-state index is 12.3. The van der Waals surface area contributed by atoms with Crippen LogP contribution >= 0.6 is 23.4 Å². The Balaban J connectivity index is 1.65. The van der Waals surface area contributed by atoms with E-state index in [0.717, 1.165) is 11.3 Å². The molecule has 7 nitrogen and oxygen atoms in total. The number of carbonyl (C=O) groups excluding carboxylic acids is 2. The number of rotatable bonds is 6. The van der Waals surface area contributed by atoms with Gasteiger partial charge in [-0.15, -0.1) is 10.2 Å². The lowest BCUT2D eigenvalue weighted by atomic mass is 10.2. The van der Waals surface area contributed by atoms with Crippen LogP contribution in [0.25, 0.3) is 5.69 Å². The number of aromatic nitrogens is 3. The fourth-order valence-corrected chi connectivity index (χ4v) is 3.38. The Kier molecular flexibility index (Phi) is 6.33. The molecule has 0 spiro atoms. The van der Waals surface area contributed by atoms with Crippen LogP contribution in [0.5, 0.6) is 0 Å². The number of hydrogen-bond acceptors (Lipinski definition) is 5. The van der Waals surface area contributed by atoms with Crippen molar-refractivity contribution in [2.24, 2.45) is 0 Å². The van der Waals surface area contributed by atoms with E-state index in [2.05, 4.69) is 20.8 Å². The van der Waals surface area contributed by atoms with Gasteiger partial charge in [-0.2, -0.15) is 0 Å². The van der Waals surface area contributed by atoms with Gasteiger partial charge in [-0.3, -0.25) is 14.2 Å². The molecule has 144 valence electrons. The van der Waals surface area contributed by atoms with E-state index < -0.39 is 0 Å². The first-order chi connectivity index (χ1) is 13.5. The van der Waals surface area contributed by atoms with Gasteiger partial charge in [-0.25, -0.2) is 0 Å². The highest BCUT2D eigenvalue weighted by Gasteiger charge is 2.13. The zero-order chi connectivity index (χ0) is 20.1. The van der Waals surface area contributed by atoms with Crippen LogP contribution in [0.3, 0.4) is 0 Å². The standard InChI is InChI=1S/C19H18ClN5O2S/c1-12-3-6-14(7-4-12)25-11-22-24-19(25)28-10-17(26)23-13-5-8-16(20)15(9-13)18(27)21-2/h3-9,11H,10H2,1-2H3,(H,21,27)(H,23,26). The summed E-state index contributed by atoms with van der Waals surface area (Å²) in [5, 5.41) is 14.2. The SMILES string of the molecule is CNC(=O)c1cc(NC(=O)CSc2nncn2-c2ccc(C)cc2)ccc1Cl. The zero-order valence-electron chi connectivity index (χ0n) is 15.3. The van der Waals surface area contributed by atoms with Crippen LogP contribution in [0.15, 0.2) is 53.9 Å². The van der Waals surface area contributed by atoms with Crippen molar-refractivity contribution in [3.8, 4) is 5.69 Å². The maximum Gasteiger partial charge on any atom is 0.252 e. The Hall–Kier alpha value is -2.84. The van der Waals surface area contributed by atoms with Crippen molar-refractivity contribution in [1.29, 1.82) is 0 Å². The summed E-state index contributed by atoms with van der Waals surface area (Å²) < 4.78 is 1.82. The average molecular weight is 416 g/mol. The lowest BCUT2D eigenvalue weighted by molar-refractivity contribution is -0.113. The minimum atomic E-state index is -0.318. The predicted molar refractivity (Wildman–Crippen MR) is 110 cm³/mol. The first kappa shape index (κ1) is 19.9. The lowest BCUT2D eigenvalue weighted by Crippen LogP contribution is -2.19. The molecule has 0 aliphatic heterocycles. The number of halogens is 1. The van der Waals surface area contributed by atoms with E-state index in [4.69, 9.17) is 11.6 Å². The highest BCUT2D eigenvalue weighted by atomic mass is 35.5. The Bertz CT molecular complexity index is 1000. The summed E-state index contributed by atoms with van der Waals surface area (Å²) in [5.41, 5.74) is 2.87. The molecule has 0 fully saturated rings. The summed E-state index contributed by atoms with van der Waals surface area (Å²) in [6.45, 7) is 2.02. The van der Waals surface area contributed by atoms with Crippen LogP contribution in [0, 0.1) is 6.92 Å². The maximum absolute atomic E-state index is 12.3. The lowest BCUT2D eigenvalue weighted by Gasteiger charge is -2.09. The van der Waals surface area contributed by atoms with E-state index in [1.807, 2.05) is 35.8 Å². The monoisotopic (exact) mass is 415 g/mol. The highest BCUT2D eigenvalue weighted by Crippen LogP contribution is 2.22. The second kappa shape index (κ2) is 8.90. The third-order valence-corrected chi connectivity index (χ3v) is 5.16. The van der Waals surface area contributed by atoms with Crippen LogP contribution < -0.4 is 10.6 Å². The van der Waals surface area contributed by atoms with E-state index in [1.165, 1.54) is 18.8 Å². The molecule has 2 aromatic carbocycles. The number of carbonyl (C=O) groups is 2. The minimum absolute atomic E-state index is 0.141. The molecule has 2 amide bonds. The number of hydrogen-bond donors (Lipinski definition) is 2. The molecular weight excluding hydrogens is 398 g/mol. The molecule has 1 heterocycles. The molecular formula is C19H18ClN5O2S. The fraction of sp³-hybridized carbons (Fsp3) is 0.158. The summed E-state index contributed by atoms with van der Waals surface area (Å²) in [6.07, 6.45) is 1.61. The smallest absolute Gasteiger partial charge is 0.252 e. The molecule has 0 atom stereocenters. The normalized spacial score (nSPS) is 10.5. The summed E-state index contributed by atoms with van der Waals surface area (Å²) >= 11 is 7.30. The molecule has 3 aromatic rings. The second-order valence-corrected chi connectivity index (χ2v) is 7.28. The largest absolute Gasteiger partial charge is 0.355 e. The van der Waals surface area contributed by atoms with Crippen molar-refractivity contribution in [1.82, 2.24) is 20.1 Å². The van der Waals surface area contributed by atoms with Crippen LogP contribution in [0.4, 0.5) is 5.69 Å². The molecule has 0 radical (unpaired) electrons. The third kappa shape index (κ3) is 4.71. The van der Waals surface area contributed by atoms with Crippen molar-refractivity contribution < 1.29 is 9.59 Å². The van der Waals surface area contributed by atoms with Crippen LogP contribution in [0.1, 0.15) is 15.9 Å². The molecule has 3 rings (SSSR count). The number of anilines is 1. The van der Waals surface area contributed by atoms with Gasteiger partial charge in [-0.1, -0.05) is 41.1 Å². The van der Waals surface area contributed by atoms with Crippen molar-refractivity contribution in [3.05, 3.63) is 64.9 Å². The number of benzene rings is 2. The van der Waals surface area contributed by atoms with Gasteiger partial charge in [0.2, 0.25) is 5.91 Å². The van der Waals surface area contributed by atoms with Gasteiger partial charge in [0.15, 0.2) is 5.16 Å². The molecule has 1 aromatic heterocycles. The van der Waals surface area contributed by atoms with Crippen molar-refractivity contribution in [2.45, 2.75) is 12.1 Å². The Morgan fingerprint density at radius 1 is 1.18 bits per heavy atom.